The van der Waals surface area contributed by atoms with Gasteiger partial charge in [-0.1, -0.05) is 36.4 Å². The lowest BCUT2D eigenvalue weighted by Gasteiger charge is -2.24. The number of carbonyl (C=O) groups excluding carboxylic acids is 2. The molecule has 5 heteroatoms. The lowest BCUT2D eigenvalue weighted by atomic mass is 9.97. The number of methoxy groups -OCH3 is 1. The van der Waals surface area contributed by atoms with E-state index in [2.05, 4.69) is 0 Å². The van der Waals surface area contributed by atoms with E-state index in [0.29, 0.717) is 5.56 Å². The maximum Gasteiger partial charge on any atom is 0.325 e. The van der Waals surface area contributed by atoms with Crippen LogP contribution in [0, 0.1) is 0 Å². The fraction of sp³-hybridized carbons (Fsp3) is 0.200. The summed E-state index contributed by atoms with van der Waals surface area (Å²) >= 11 is 0. The van der Waals surface area contributed by atoms with Crippen LogP contribution in [0.15, 0.2) is 54.7 Å². The van der Waals surface area contributed by atoms with Crippen LogP contribution in [-0.4, -0.2) is 35.0 Å². The Kier molecular flexibility index (Phi) is 3.57. The van der Waals surface area contributed by atoms with Gasteiger partial charge in [0.25, 0.3) is 5.91 Å². The summed E-state index contributed by atoms with van der Waals surface area (Å²) in [5.41, 5.74) is 3.67. The van der Waals surface area contributed by atoms with Gasteiger partial charge in [0.1, 0.15) is 6.54 Å². The van der Waals surface area contributed by atoms with Gasteiger partial charge in [-0.05, 0) is 17.7 Å². The molecule has 5 nitrogen and oxygen atoms in total. The van der Waals surface area contributed by atoms with E-state index in [4.69, 9.17) is 4.74 Å². The molecule has 0 aliphatic carbocycles. The monoisotopic (exact) mass is 334 g/mol. The summed E-state index contributed by atoms with van der Waals surface area (Å²) in [6.07, 6.45) is 2.04. The number of aromatic nitrogens is 1. The van der Waals surface area contributed by atoms with Gasteiger partial charge < -0.3 is 14.2 Å². The van der Waals surface area contributed by atoms with Crippen molar-refractivity contribution in [2.75, 3.05) is 13.7 Å². The van der Waals surface area contributed by atoms with E-state index in [0.717, 1.165) is 22.0 Å². The third-order valence-corrected chi connectivity index (χ3v) is 4.81. The minimum atomic E-state index is -0.425. The first-order valence-electron chi connectivity index (χ1n) is 8.12. The van der Waals surface area contributed by atoms with Crippen LogP contribution in [0.3, 0.4) is 0 Å². The van der Waals surface area contributed by atoms with Gasteiger partial charge in [0.15, 0.2) is 0 Å². The Bertz CT molecular complexity index is 990. The number of aryl methyl sites for hydroxylation is 1. The van der Waals surface area contributed by atoms with Gasteiger partial charge >= 0.3 is 5.97 Å². The van der Waals surface area contributed by atoms with Crippen molar-refractivity contribution < 1.29 is 14.3 Å². The first kappa shape index (κ1) is 15.4. The van der Waals surface area contributed by atoms with Crippen molar-refractivity contribution in [1.29, 1.82) is 0 Å². The average Bonchev–Trinajstić information content (AvgIpc) is 3.11. The lowest BCUT2D eigenvalue weighted by Crippen LogP contribution is -2.34. The molecule has 0 spiro atoms. The highest BCUT2D eigenvalue weighted by Crippen LogP contribution is 2.41. The highest BCUT2D eigenvalue weighted by Gasteiger charge is 2.39. The largest absolute Gasteiger partial charge is 0.468 e. The SMILES string of the molecule is COC(=O)CN1C(=O)c2ccccc2C1c1cn(C)c2ccccc12. The number of ether oxygens (including phenoxy) is 1. The van der Waals surface area contributed by atoms with E-state index in [1.807, 2.05) is 66.3 Å². The normalized spacial score (nSPS) is 16.3. The molecule has 2 aromatic carbocycles. The maximum atomic E-state index is 12.9. The number of benzene rings is 2. The molecule has 4 rings (SSSR count). The Morgan fingerprint density at radius 2 is 1.80 bits per heavy atom. The van der Waals surface area contributed by atoms with Gasteiger partial charge in [0, 0.05) is 35.3 Å². The summed E-state index contributed by atoms with van der Waals surface area (Å²) in [5.74, 6) is -0.565. The molecular weight excluding hydrogens is 316 g/mol. The van der Waals surface area contributed by atoms with Crippen molar-refractivity contribution in [3.63, 3.8) is 0 Å². The van der Waals surface area contributed by atoms with Crippen LogP contribution in [0.25, 0.3) is 10.9 Å². The van der Waals surface area contributed by atoms with Crippen molar-refractivity contribution in [3.8, 4) is 0 Å². The zero-order valence-corrected chi connectivity index (χ0v) is 14.1. The van der Waals surface area contributed by atoms with Crippen LogP contribution in [0.5, 0.6) is 0 Å². The number of carbonyl (C=O) groups is 2. The minimum absolute atomic E-state index is 0.0715. The second kappa shape index (κ2) is 5.77. The third-order valence-electron chi connectivity index (χ3n) is 4.81. The Balaban J connectivity index is 1.92. The summed E-state index contributed by atoms with van der Waals surface area (Å²) in [4.78, 5) is 26.4. The van der Waals surface area contributed by atoms with Crippen LogP contribution in [0.4, 0.5) is 0 Å². The lowest BCUT2D eigenvalue weighted by molar-refractivity contribution is -0.141. The average molecular weight is 334 g/mol. The molecule has 1 atom stereocenters. The van der Waals surface area contributed by atoms with Crippen LogP contribution in [-0.2, 0) is 16.6 Å². The van der Waals surface area contributed by atoms with Crippen LogP contribution in [0.1, 0.15) is 27.5 Å². The minimum Gasteiger partial charge on any atom is -0.468 e. The van der Waals surface area contributed by atoms with Crippen molar-refractivity contribution in [2.45, 2.75) is 6.04 Å². The van der Waals surface area contributed by atoms with Gasteiger partial charge in [-0.25, -0.2) is 0 Å². The summed E-state index contributed by atoms with van der Waals surface area (Å²) in [5, 5.41) is 1.08. The fourth-order valence-corrected chi connectivity index (χ4v) is 3.66. The fourth-order valence-electron chi connectivity index (χ4n) is 3.66. The Morgan fingerprint density at radius 3 is 2.60 bits per heavy atom. The third kappa shape index (κ3) is 2.31. The molecule has 25 heavy (non-hydrogen) atoms. The molecule has 0 N–H and O–H groups in total. The second-order valence-electron chi connectivity index (χ2n) is 6.21. The molecule has 0 bridgehead atoms. The van der Waals surface area contributed by atoms with Crippen LogP contribution < -0.4 is 0 Å². The summed E-state index contributed by atoms with van der Waals surface area (Å²) < 4.78 is 6.85. The Morgan fingerprint density at radius 1 is 1.08 bits per heavy atom. The van der Waals surface area contributed by atoms with E-state index in [1.165, 1.54) is 7.11 Å². The predicted molar refractivity (Wildman–Crippen MR) is 94.3 cm³/mol. The van der Waals surface area contributed by atoms with E-state index in [-0.39, 0.29) is 18.5 Å². The number of rotatable bonds is 3. The maximum absolute atomic E-state index is 12.9. The van der Waals surface area contributed by atoms with E-state index >= 15 is 0 Å². The summed E-state index contributed by atoms with van der Waals surface area (Å²) in [6, 6.07) is 15.3. The van der Waals surface area contributed by atoms with Crippen molar-refractivity contribution in [3.05, 3.63) is 71.4 Å². The number of amides is 1. The number of hydrogen-bond acceptors (Lipinski definition) is 3. The van der Waals surface area contributed by atoms with Gasteiger partial charge in [-0.2, -0.15) is 0 Å². The molecule has 0 saturated carbocycles. The molecule has 3 aromatic rings. The smallest absolute Gasteiger partial charge is 0.325 e. The first-order chi connectivity index (χ1) is 12.1. The van der Waals surface area contributed by atoms with Crippen LogP contribution >= 0.6 is 0 Å². The van der Waals surface area contributed by atoms with E-state index < -0.39 is 5.97 Å². The molecule has 1 aromatic heterocycles. The molecule has 126 valence electrons. The molecule has 1 amide bonds. The predicted octanol–water partition coefficient (Wildman–Crippen LogP) is 2.90. The molecule has 0 fully saturated rings. The zero-order valence-electron chi connectivity index (χ0n) is 14.1. The zero-order chi connectivity index (χ0) is 17.6. The summed E-state index contributed by atoms with van der Waals surface area (Å²) in [6.45, 7) is -0.0715. The molecule has 1 aliphatic rings. The van der Waals surface area contributed by atoms with E-state index in [9.17, 15) is 9.59 Å². The molecule has 0 radical (unpaired) electrons. The Labute approximate surface area is 145 Å². The highest BCUT2D eigenvalue weighted by atomic mass is 16.5. The molecule has 0 saturated heterocycles. The second-order valence-corrected chi connectivity index (χ2v) is 6.21. The number of esters is 1. The molecule has 2 heterocycles. The topological polar surface area (TPSA) is 51.5 Å². The van der Waals surface area contributed by atoms with E-state index in [1.54, 1.807) is 4.90 Å². The number of para-hydroxylation sites is 1. The first-order valence-corrected chi connectivity index (χ1v) is 8.12. The quantitative estimate of drug-likeness (QED) is 0.692. The molecule has 1 unspecified atom stereocenters. The van der Waals surface area contributed by atoms with Gasteiger partial charge in [-0.15, -0.1) is 0 Å². The Hall–Kier alpha value is -3.08. The number of fused-ring (bicyclic) bond motifs is 2. The number of hydrogen-bond donors (Lipinski definition) is 0. The molecule has 1 aliphatic heterocycles. The van der Waals surface area contributed by atoms with Gasteiger partial charge in [-0.3, -0.25) is 9.59 Å². The highest BCUT2D eigenvalue weighted by molar-refractivity contribution is 6.02. The summed E-state index contributed by atoms with van der Waals surface area (Å²) in [7, 11) is 3.32. The van der Waals surface area contributed by atoms with Gasteiger partial charge in [0.05, 0.1) is 13.2 Å². The van der Waals surface area contributed by atoms with Crippen molar-refractivity contribution >= 4 is 22.8 Å². The van der Waals surface area contributed by atoms with Crippen LogP contribution in [0.2, 0.25) is 0 Å². The van der Waals surface area contributed by atoms with Gasteiger partial charge in [0.2, 0.25) is 0 Å². The number of nitrogens with zero attached hydrogens (tertiary/aromatic N) is 2. The van der Waals surface area contributed by atoms with Crippen molar-refractivity contribution in [1.82, 2.24) is 9.47 Å². The standard InChI is InChI=1S/C20H18N2O3/c1-21-11-16(13-7-5-6-10-17(13)21)19-14-8-3-4-9-15(14)20(24)22(19)12-18(23)25-2/h3-11,19H,12H2,1-2H3. The van der Waals surface area contributed by atoms with Crippen molar-refractivity contribution in [2.24, 2.45) is 7.05 Å². The molecular formula is C20H18N2O3.